The van der Waals surface area contributed by atoms with E-state index in [9.17, 15) is 9.59 Å². The third kappa shape index (κ3) is 7.22. The van der Waals surface area contributed by atoms with Crippen LogP contribution < -0.4 is 20.1 Å². The number of rotatable bonds is 8. The number of nitrogens with one attached hydrogen (secondary N) is 2. The van der Waals surface area contributed by atoms with Crippen molar-refractivity contribution in [2.24, 2.45) is 0 Å². The first-order valence-corrected chi connectivity index (χ1v) is 13.3. The molecule has 2 aromatic carbocycles. The molecule has 0 radical (unpaired) electrons. The third-order valence-electron chi connectivity index (χ3n) is 5.51. The van der Waals surface area contributed by atoms with E-state index < -0.39 is 0 Å². The van der Waals surface area contributed by atoms with Crippen molar-refractivity contribution >= 4 is 43.7 Å². The Morgan fingerprint density at radius 1 is 0.765 bits per heavy atom. The van der Waals surface area contributed by atoms with E-state index in [4.69, 9.17) is 9.47 Å². The van der Waals surface area contributed by atoms with E-state index >= 15 is 0 Å². The van der Waals surface area contributed by atoms with E-state index in [1.54, 1.807) is 36.4 Å². The lowest BCUT2D eigenvalue weighted by Crippen LogP contribution is -2.53. The van der Waals surface area contributed by atoms with Crippen LogP contribution in [0.3, 0.4) is 0 Å². The van der Waals surface area contributed by atoms with Gasteiger partial charge in [0, 0.05) is 23.2 Å². The lowest BCUT2D eigenvalue weighted by Gasteiger charge is -2.33. The highest BCUT2D eigenvalue weighted by Crippen LogP contribution is 2.29. The van der Waals surface area contributed by atoms with Crippen LogP contribution in [0, 0.1) is 0 Å². The van der Waals surface area contributed by atoms with Gasteiger partial charge < -0.3 is 20.1 Å². The van der Waals surface area contributed by atoms with Gasteiger partial charge in [0.25, 0.3) is 11.8 Å². The Morgan fingerprint density at radius 3 is 1.47 bits per heavy atom. The lowest BCUT2D eigenvalue weighted by molar-refractivity contribution is 0.0862. The van der Waals surface area contributed by atoms with Crippen LogP contribution in [0.15, 0.2) is 45.3 Å². The number of benzene rings is 2. The molecule has 2 aromatic rings. The summed E-state index contributed by atoms with van der Waals surface area (Å²) in [6.45, 7) is 7.82. The molecule has 2 atom stereocenters. The topological polar surface area (TPSA) is 76.7 Å². The monoisotopic (exact) mass is 594 g/mol. The first-order valence-electron chi connectivity index (χ1n) is 11.7. The maximum Gasteiger partial charge on any atom is 0.251 e. The highest BCUT2D eigenvalue weighted by Gasteiger charge is 2.29. The van der Waals surface area contributed by atoms with Crippen molar-refractivity contribution in [3.05, 3.63) is 56.5 Å². The first-order chi connectivity index (χ1) is 16.1. The maximum atomic E-state index is 13.0. The molecule has 1 aliphatic rings. The van der Waals surface area contributed by atoms with Gasteiger partial charge in [-0.1, -0.05) is 12.8 Å². The summed E-state index contributed by atoms with van der Waals surface area (Å²) in [5, 5.41) is 6.25. The van der Waals surface area contributed by atoms with Crippen LogP contribution in [-0.4, -0.2) is 36.1 Å². The Balaban J connectivity index is 1.66. The number of carbonyl (C=O) groups excluding carboxylic acids is 2. The van der Waals surface area contributed by atoms with Gasteiger partial charge in [0.05, 0.1) is 21.2 Å². The molecule has 0 heterocycles. The molecule has 3 rings (SSSR count). The Morgan fingerprint density at radius 2 is 1.15 bits per heavy atom. The molecule has 8 heteroatoms. The van der Waals surface area contributed by atoms with Gasteiger partial charge in [0.15, 0.2) is 0 Å². The van der Waals surface area contributed by atoms with E-state index in [-0.39, 0.29) is 36.1 Å². The number of carbonyl (C=O) groups is 2. The maximum absolute atomic E-state index is 13.0. The number of ether oxygens (including phenoxy) is 2. The fraction of sp³-hybridized carbons (Fsp3) is 0.462. The van der Waals surface area contributed by atoms with Crippen molar-refractivity contribution in [2.45, 2.75) is 77.7 Å². The van der Waals surface area contributed by atoms with Crippen molar-refractivity contribution in [2.75, 3.05) is 0 Å². The van der Waals surface area contributed by atoms with Crippen LogP contribution in [0.5, 0.6) is 11.5 Å². The molecule has 2 amide bonds. The number of hydrogen-bond donors (Lipinski definition) is 2. The molecule has 6 nitrogen and oxygen atoms in total. The number of hydrogen-bond acceptors (Lipinski definition) is 4. The molecule has 1 saturated carbocycles. The normalized spacial score (nSPS) is 18.0. The Bertz CT molecular complexity index is 944. The highest BCUT2D eigenvalue weighted by atomic mass is 79.9. The molecule has 184 valence electrons. The summed E-state index contributed by atoms with van der Waals surface area (Å²) in [5.74, 6) is 1.07. The van der Waals surface area contributed by atoms with Crippen LogP contribution in [-0.2, 0) is 0 Å². The van der Waals surface area contributed by atoms with Crippen LogP contribution in [0.2, 0.25) is 0 Å². The summed E-state index contributed by atoms with van der Waals surface area (Å²) in [6.07, 6.45) is 3.74. The van der Waals surface area contributed by atoms with Crippen molar-refractivity contribution in [1.82, 2.24) is 10.6 Å². The van der Waals surface area contributed by atoms with Crippen LogP contribution >= 0.6 is 31.9 Å². The van der Waals surface area contributed by atoms with Crippen LogP contribution in [0.25, 0.3) is 0 Å². The zero-order valence-electron chi connectivity index (χ0n) is 20.0. The fourth-order valence-electron chi connectivity index (χ4n) is 3.96. The summed E-state index contributed by atoms with van der Waals surface area (Å²) in [6, 6.07) is 10.4. The van der Waals surface area contributed by atoms with E-state index in [0.29, 0.717) is 22.6 Å². The molecule has 1 aliphatic carbocycles. The van der Waals surface area contributed by atoms with E-state index in [2.05, 4.69) is 42.5 Å². The minimum absolute atomic E-state index is 0.0437. The molecular weight excluding hydrogens is 564 g/mol. The number of halogens is 2. The quantitative estimate of drug-likeness (QED) is 0.378. The van der Waals surface area contributed by atoms with Crippen molar-refractivity contribution in [3.8, 4) is 11.5 Å². The summed E-state index contributed by atoms with van der Waals surface area (Å²) in [5.41, 5.74) is 1.09. The largest absolute Gasteiger partial charge is 0.490 e. The van der Waals surface area contributed by atoms with Crippen LogP contribution in [0.1, 0.15) is 74.1 Å². The summed E-state index contributed by atoms with van der Waals surface area (Å²) >= 11 is 6.98. The van der Waals surface area contributed by atoms with Gasteiger partial charge in [-0.3, -0.25) is 9.59 Å². The van der Waals surface area contributed by atoms with Gasteiger partial charge in [-0.05, 0) is 109 Å². The van der Waals surface area contributed by atoms with Crippen LogP contribution in [0.4, 0.5) is 0 Å². The Hall–Kier alpha value is -2.06. The molecular formula is C26H32Br2N2O4. The Kier molecular flexibility index (Phi) is 9.42. The van der Waals surface area contributed by atoms with Gasteiger partial charge in [-0.2, -0.15) is 0 Å². The molecule has 0 aliphatic heterocycles. The second-order valence-electron chi connectivity index (χ2n) is 9.07. The smallest absolute Gasteiger partial charge is 0.251 e. The molecule has 2 unspecified atom stereocenters. The van der Waals surface area contributed by atoms with Crippen molar-refractivity contribution < 1.29 is 19.1 Å². The lowest BCUT2D eigenvalue weighted by atomic mass is 9.89. The molecule has 0 bridgehead atoms. The van der Waals surface area contributed by atoms with Crippen molar-refractivity contribution in [1.29, 1.82) is 0 Å². The van der Waals surface area contributed by atoms with E-state index in [1.165, 1.54) is 0 Å². The molecule has 1 fully saturated rings. The van der Waals surface area contributed by atoms with E-state index in [1.807, 2.05) is 27.7 Å². The SMILES string of the molecule is CC(C)Oc1ccc(C(=O)NC2CCCCC2NC(=O)c2ccc(OC(C)C)c(Br)c2)cc1Br. The zero-order chi connectivity index (χ0) is 24.8. The van der Waals surface area contributed by atoms with Gasteiger partial charge in [0.2, 0.25) is 0 Å². The van der Waals surface area contributed by atoms with Crippen molar-refractivity contribution in [3.63, 3.8) is 0 Å². The molecule has 34 heavy (non-hydrogen) atoms. The average molecular weight is 596 g/mol. The molecule has 0 saturated heterocycles. The zero-order valence-corrected chi connectivity index (χ0v) is 23.2. The summed E-state index contributed by atoms with van der Waals surface area (Å²) in [4.78, 5) is 25.9. The third-order valence-corrected chi connectivity index (χ3v) is 6.75. The van der Waals surface area contributed by atoms with Gasteiger partial charge in [-0.25, -0.2) is 0 Å². The highest BCUT2D eigenvalue weighted by molar-refractivity contribution is 9.10. The predicted molar refractivity (Wildman–Crippen MR) is 141 cm³/mol. The standard InChI is InChI=1S/C26H32Br2N2O4/c1-15(2)33-23-11-9-17(13-19(23)27)25(31)29-21-7-5-6-8-22(21)30-26(32)18-10-12-24(20(28)14-18)34-16(3)4/h9-16,21-22H,5-8H2,1-4H3,(H,29,31)(H,30,32). The second kappa shape index (κ2) is 12.1. The summed E-state index contributed by atoms with van der Waals surface area (Å²) < 4.78 is 12.9. The fourth-order valence-corrected chi connectivity index (χ4v) is 4.91. The minimum atomic E-state index is -0.166. The molecule has 0 aromatic heterocycles. The average Bonchev–Trinajstić information content (AvgIpc) is 2.77. The second-order valence-corrected chi connectivity index (χ2v) is 10.8. The van der Waals surface area contributed by atoms with Gasteiger partial charge >= 0.3 is 0 Å². The predicted octanol–water partition coefficient (Wildman–Crippen LogP) is 6.26. The summed E-state index contributed by atoms with van der Waals surface area (Å²) in [7, 11) is 0. The van der Waals surface area contributed by atoms with E-state index in [0.717, 1.165) is 34.6 Å². The van der Waals surface area contributed by atoms with Gasteiger partial charge in [-0.15, -0.1) is 0 Å². The molecule has 2 N–H and O–H groups in total. The Labute approximate surface area is 218 Å². The minimum Gasteiger partial charge on any atom is -0.490 e. The number of amides is 2. The molecule has 0 spiro atoms. The van der Waals surface area contributed by atoms with Gasteiger partial charge in [0.1, 0.15) is 11.5 Å². The first kappa shape index (κ1) is 26.5.